The van der Waals surface area contributed by atoms with Gasteiger partial charge in [-0.1, -0.05) is 48.5 Å². The third-order valence-corrected chi connectivity index (χ3v) is 4.35. The topological polar surface area (TPSA) is 70.2 Å². The van der Waals surface area contributed by atoms with Gasteiger partial charge in [0.05, 0.1) is 0 Å². The van der Waals surface area contributed by atoms with Crippen molar-refractivity contribution in [2.24, 2.45) is 0 Å². The molecule has 0 spiro atoms. The van der Waals surface area contributed by atoms with Gasteiger partial charge in [-0.15, -0.1) is 12.4 Å². The van der Waals surface area contributed by atoms with Crippen molar-refractivity contribution in [2.45, 2.75) is 24.9 Å². The van der Waals surface area contributed by atoms with Crippen LogP contribution >= 0.6 is 12.4 Å². The van der Waals surface area contributed by atoms with Gasteiger partial charge in [-0.2, -0.15) is 0 Å². The Morgan fingerprint density at radius 3 is 2.27 bits per heavy atom. The molecule has 2 amide bonds. The zero-order valence-corrected chi connectivity index (χ0v) is 15.3. The zero-order valence-electron chi connectivity index (χ0n) is 14.5. The number of hydrogen-bond donors (Lipinski definition) is 3. The number of halogens is 1. The van der Waals surface area contributed by atoms with Crippen LogP contribution in [-0.2, 0) is 4.79 Å². The van der Waals surface area contributed by atoms with E-state index in [2.05, 4.69) is 16.0 Å². The van der Waals surface area contributed by atoms with Crippen LogP contribution in [0, 0.1) is 0 Å². The molecular weight excluding hydrogens is 350 g/mol. The summed E-state index contributed by atoms with van der Waals surface area (Å²) in [5.74, 6) is -0.435. The molecule has 2 aromatic rings. The van der Waals surface area contributed by atoms with Gasteiger partial charge in [0, 0.05) is 18.2 Å². The lowest BCUT2D eigenvalue weighted by Crippen LogP contribution is -2.49. The van der Waals surface area contributed by atoms with Crippen molar-refractivity contribution in [2.75, 3.05) is 13.1 Å². The predicted octanol–water partition coefficient (Wildman–Crippen LogP) is 2.45. The maximum Gasteiger partial charge on any atom is 0.252 e. The number of rotatable bonds is 5. The summed E-state index contributed by atoms with van der Waals surface area (Å²) in [6, 6.07) is 17.7. The van der Waals surface area contributed by atoms with E-state index in [9.17, 15) is 9.59 Å². The second-order valence-corrected chi connectivity index (χ2v) is 6.24. The molecule has 2 atom stereocenters. The van der Waals surface area contributed by atoms with E-state index in [4.69, 9.17) is 0 Å². The Bertz CT molecular complexity index is 704. The Balaban J connectivity index is 0.00000243. The summed E-state index contributed by atoms with van der Waals surface area (Å²) >= 11 is 0. The summed E-state index contributed by atoms with van der Waals surface area (Å²) in [5.41, 5.74) is 1.31. The summed E-state index contributed by atoms with van der Waals surface area (Å²) < 4.78 is 0. The van der Waals surface area contributed by atoms with Crippen LogP contribution in [0.3, 0.4) is 0 Å². The Labute approximate surface area is 160 Å². The molecule has 1 aliphatic rings. The molecule has 0 bridgehead atoms. The Kier molecular flexibility index (Phi) is 7.63. The number of nitrogens with one attached hydrogen (secondary N) is 3. The molecule has 0 saturated carbocycles. The maximum atomic E-state index is 12.8. The summed E-state index contributed by atoms with van der Waals surface area (Å²) in [6.45, 7) is 1.75. The second-order valence-electron chi connectivity index (χ2n) is 6.24. The largest absolute Gasteiger partial charge is 0.350 e. The Morgan fingerprint density at radius 2 is 1.65 bits per heavy atom. The lowest BCUT2D eigenvalue weighted by molar-refractivity contribution is -0.124. The first-order valence-corrected chi connectivity index (χ1v) is 8.66. The molecule has 3 N–H and O–H groups in total. The highest BCUT2D eigenvalue weighted by molar-refractivity contribution is 5.97. The Hall–Kier alpha value is -2.37. The third-order valence-electron chi connectivity index (χ3n) is 4.35. The summed E-state index contributed by atoms with van der Waals surface area (Å²) in [4.78, 5) is 25.3. The number of piperidine rings is 1. The molecule has 1 fully saturated rings. The molecule has 1 saturated heterocycles. The van der Waals surface area contributed by atoms with Crippen LogP contribution in [0.25, 0.3) is 0 Å². The first-order valence-electron chi connectivity index (χ1n) is 8.66. The van der Waals surface area contributed by atoms with Gasteiger partial charge in [-0.25, -0.2) is 0 Å². The standard InChI is InChI=1S/C20H23N3O2.ClH/c24-19(16-10-5-2-6-11-16)23-18(15-8-3-1-4-9-15)20(25)22-17-12-7-13-21-14-17;/h1-6,8-11,17-18,21H,7,12-14H2,(H,22,25)(H,23,24);1H. The summed E-state index contributed by atoms with van der Waals surface area (Å²) in [7, 11) is 0. The highest BCUT2D eigenvalue weighted by Gasteiger charge is 2.25. The predicted molar refractivity (Wildman–Crippen MR) is 104 cm³/mol. The van der Waals surface area contributed by atoms with Crippen molar-refractivity contribution in [1.82, 2.24) is 16.0 Å². The average Bonchev–Trinajstić information content (AvgIpc) is 2.68. The van der Waals surface area contributed by atoms with Crippen molar-refractivity contribution in [3.8, 4) is 0 Å². The summed E-state index contributed by atoms with van der Waals surface area (Å²) in [6.07, 6.45) is 1.99. The van der Waals surface area contributed by atoms with Crippen molar-refractivity contribution in [3.05, 3.63) is 71.8 Å². The Morgan fingerprint density at radius 1 is 1.00 bits per heavy atom. The molecule has 138 valence electrons. The van der Waals surface area contributed by atoms with Gasteiger partial charge in [0.25, 0.3) is 5.91 Å². The molecule has 2 aromatic carbocycles. The zero-order chi connectivity index (χ0) is 17.5. The van der Waals surface area contributed by atoms with Crippen LogP contribution < -0.4 is 16.0 Å². The highest BCUT2D eigenvalue weighted by atomic mass is 35.5. The monoisotopic (exact) mass is 373 g/mol. The van der Waals surface area contributed by atoms with Crippen molar-refractivity contribution in [3.63, 3.8) is 0 Å². The van der Waals surface area contributed by atoms with E-state index >= 15 is 0 Å². The quantitative estimate of drug-likeness (QED) is 0.754. The van der Waals surface area contributed by atoms with Crippen LogP contribution in [0.15, 0.2) is 60.7 Å². The molecule has 5 nitrogen and oxygen atoms in total. The SMILES string of the molecule is Cl.O=C(NC(C(=O)NC1CCCNC1)c1ccccc1)c1ccccc1. The van der Waals surface area contributed by atoms with E-state index in [-0.39, 0.29) is 30.3 Å². The molecule has 6 heteroatoms. The van der Waals surface area contributed by atoms with Crippen molar-refractivity contribution < 1.29 is 9.59 Å². The van der Waals surface area contributed by atoms with Gasteiger partial charge in [0.15, 0.2) is 0 Å². The van der Waals surface area contributed by atoms with Gasteiger partial charge >= 0.3 is 0 Å². The fraction of sp³-hybridized carbons (Fsp3) is 0.300. The fourth-order valence-electron chi connectivity index (χ4n) is 3.01. The molecule has 2 unspecified atom stereocenters. The third kappa shape index (κ3) is 5.31. The van der Waals surface area contributed by atoms with E-state index in [1.54, 1.807) is 24.3 Å². The number of benzene rings is 2. The second kappa shape index (κ2) is 9.94. The van der Waals surface area contributed by atoms with Crippen LogP contribution in [0.2, 0.25) is 0 Å². The van der Waals surface area contributed by atoms with E-state index in [1.807, 2.05) is 36.4 Å². The smallest absolute Gasteiger partial charge is 0.252 e. The van der Waals surface area contributed by atoms with Crippen LogP contribution in [0.4, 0.5) is 0 Å². The van der Waals surface area contributed by atoms with Gasteiger partial charge in [0.1, 0.15) is 6.04 Å². The number of carbonyl (C=O) groups is 2. The molecule has 26 heavy (non-hydrogen) atoms. The molecule has 1 heterocycles. The van der Waals surface area contributed by atoms with Crippen LogP contribution in [0.5, 0.6) is 0 Å². The van der Waals surface area contributed by atoms with Crippen LogP contribution in [0.1, 0.15) is 34.8 Å². The average molecular weight is 374 g/mol. The highest BCUT2D eigenvalue weighted by Crippen LogP contribution is 2.15. The van der Waals surface area contributed by atoms with Crippen molar-refractivity contribution in [1.29, 1.82) is 0 Å². The lowest BCUT2D eigenvalue weighted by Gasteiger charge is -2.27. The molecule has 0 radical (unpaired) electrons. The lowest BCUT2D eigenvalue weighted by atomic mass is 10.0. The minimum absolute atomic E-state index is 0. The minimum atomic E-state index is -0.712. The van der Waals surface area contributed by atoms with Gasteiger partial charge in [-0.05, 0) is 37.1 Å². The van der Waals surface area contributed by atoms with E-state index < -0.39 is 6.04 Å². The molecule has 0 aliphatic carbocycles. The normalized spacial score (nSPS) is 17.5. The number of carbonyl (C=O) groups excluding carboxylic acids is 2. The van der Waals surface area contributed by atoms with Gasteiger partial charge in [-0.3, -0.25) is 9.59 Å². The van der Waals surface area contributed by atoms with E-state index in [1.165, 1.54) is 0 Å². The van der Waals surface area contributed by atoms with E-state index in [0.717, 1.165) is 31.5 Å². The van der Waals surface area contributed by atoms with Gasteiger partial charge < -0.3 is 16.0 Å². The molecular formula is C20H24ClN3O2. The maximum absolute atomic E-state index is 12.8. The minimum Gasteiger partial charge on any atom is -0.350 e. The van der Waals surface area contributed by atoms with Crippen LogP contribution in [-0.4, -0.2) is 30.9 Å². The summed E-state index contributed by atoms with van der Waals surface area (Å²) in [5, 5.41) is 9.21. The first kappa shape index (κ1) is 19.9. The number of amides is 2. The molecule has 3 rings (SSSR count). The fourth-order valence-corrected chi connectivity index (χ4v) is 3.01. The molecule has 1 aliphatic heterocycles. The van der Waals surface area contributed by atoms with Gasteiger partial charge in [0.2, 0.25) is 5.91 Å². The first-order chi connectivity index (χ1) is 12.2. The molecule has 0 aromatic heterocycles. The number of hydrogen-bond acceptors (Lipinski definition) is 3. The van der Waals surface area contributed by atoms with Crippen molar-refractivity contribution >= 4 is 24.2 Å². The van der Waals surface area contributed by atoms with E-state index in [0.29, 0.717) is 5.56 Å².